The van der Waals surface area contributed by atoms with E-state index in [9.17, 15) is 9.59 Å². The number of carbonyl (C=O) groups is 1. The average molecular weight is 399 g/mol. The lowest BCUT2D eigenvalue weighted by Crippen LogP contribution is -2.44. The molecule has 3 fully saturated rings. The smallest absolute Gasteiger partial charge is 0.255 e. The zero-order valence-electron chi connectivity index (χ0n) is 17.7. The molecule has 6 nitrogen and oxygen atoms in total. The summed E-state index contributed by atoms with van der Waals surface area (Å²) in [6, 6.07) is 0.624. The molecule has 0 spiro atoms. The molecule has 158 valence electrons. The van der Waals surface area contributed by atoms with E-state index in [1.54, 1.807) is 0 Å². The predicted octanol–water partition coefficient (Wildman–Crippen LogP) is 2.82. The molecule has 4 aliphatic rings. The third kappa shape index (κ3) is 4.00. The third-order valence-electron chi connectivity index (χ3n) is 7.66. The molecule has 1 N–H and O–H groups in total. The van der Waals surface area contributed by atoms with Gasteiger partial charge in [0.05, 0.1) is 11.3 Å². The number of nitrogens with one attached hydrogen (secondary N) is 1. The topological polar surface area (TPSA) is 69.3 Å². The Balaban J connectivity index is 1.30. The number of piperidine rings is 1. The van der Waals surface area contributed by atoms with Gasteiger partial charge in [0.15, 0.2) is 0 Å². The molecule has 5 rings (SSSR count). The molecule has 1 aromatic rings. The van der Waals surface area contributed by atoms with Gasteiger partial charge < -0.3 is 9.88 Å². The molecule has 6 heteroatoms. The van der Waals surface area contributed by atoms with Gasteiger partial charge in [0.1, 0.15) is 5.82 Å². The first-order valence-corrected chi connectivity index (χ1v) is 11.7. The first-order chi connectivity index (χ1) is 14.1. The van der Waals surface area contributed by atoms with Crippen LogP contribution in [-0.2, 0) is 17.8 Å². The summed E-state index contributed by atoms with van der Waals surface area (Å²) in [5, 5.41) is 0. The maximum atomic E-state index is 12.9. The zero-order valence-corrected chi connectivity index (χ0v) is 17.7. The summed E-state index contributed by atoms with van der Waals surface area (Å²) in [7, 11) is 0. The number of fused-ring (bicyclic) bond motifs is 1. The van der Waals surface area contributed by atoms with Crippen LogP contribution in [-0.4, -0.2) is 51.4 Å². The number of nitrogens with zero attached hydrogens (tertiary/aromatic N) is 3. The summed E-state index contributed by atoms with van der Waals surface area (Å²) in [4.78, 5) is 38.0. The predicted molar refractivity (Wildman–Crippen MR) is 112 cm³/mol. The molecule has 1 atom stereocenters. The van der Waals surface area contributed by atoms with Crippen molar-refractivity contribution < 1.29 is 4.79 Å². The van der Waals surface area contributed by atoms with Crippen molar-refractivity contribution in [3.63, 3.8) is 0 Å². The molecule has 1 amide bonds. The van der Waals surface area contributed by atoms with Gasteiger partial charge in [0, 0.05) is 50.5 Å². The Bertz CT molecular complexity index is 823. The van der Waals surface area contributed by atoms with Gasteiger partial charge in [-0.15, -0.1) is 0 Å². The summed E-state index contributed by atoms with van der Waals surface area (Å²) in [6.45, 7) is 5.68. The molecule has 1 saturated heterocycles. The van der Waals surface area contributed by atoms with Crippen LogP contribution in [0, 0.1) is 11.8 Å². The van der Waals surface area contributed by atoms with Crippen LogP contribution in [0.25, 0.3) is 0 Å². The highest BCUT2D eigenvalue weighted by Gasteiger charge is 2.36. The Morgan fingerprint density at radius 2 is 1.86 bits per heavy atom. The fourth-order valence-electron chi connectivity index (χ4n) is 5.57. The second-order valence-electron chi connectivity index (χ2n) is 9.91. The van der Waals surface area contributed by atoms with E-state index in [0.29, 0.717) is 18.5 Å². The van der Waals surface area contributed by atoms with E-state index in [0.717, 1.165) is 74.7 Å². The molecule has 0 radical (unpaired) electrons. The van der Waals surface area contributed by atoms with Crippen molar-refractivity contribution in [2.45, 2.75) is 83.2 Å². The maximum absolute atomic E-state index is 12.9. The summed E-state index contributed by atoms with van der Waals surface area (Å²) >= 11 is 0. The van der Waals surface area contributed by atoms with Crippen molar-refractivity contribution in [3.05, 3.63) is 27.4 Å². The number of rotatable bonds is 3. The molecule has 2 aliphatic heterocycles. The number of carbonyl (C=O) groups excluding carboxylic acids is 1. The van der Waals surface area contributed by atoms with E-state index >= 15 is 0 Å². The highest BCUT2D eigenvalue weighted by molar-refractivity contribution is 5.81. The lowest BCUT2D eigenvalue weighted by Gasteiger charge is -2.38. The van der Waals surface area contributed by atoms with Crippen molar-refractivity contribution in [2.24, 2.45) is 11.8 Å². The fourth-order valence-corrected chi connectivity index (χ4v) is 5.57. The van der Waals surface area contributed by atoms with Crippen LogP contribution in [0.15, 0.2) is 4.79 Å². The van der Waals surface area contributed by atoms with E-state index in [1.165, 1.54) is 25.7 Å². The average Bonchev–Trinajstić information content (AvgIpc) is 3.59. The number of aromatic amines is 1. The third-order valence-corrected chi connectivity index (χ3v) is 7.66. The Kier molecular flexibility index (Phi) is 5.23. The minimum absolute atomic E-state index is 0.0459. The molecular weight excluding hydrogens is 364 g/mol. The Morgan fingerprint density at radius 1 is 1.07 bits per heavy atom. The second kappa shape index (κ2) is 7.86. The quantitative estimate of drug-likeness (QED) is 0.850. The zero-order chi connectivity index (χ0) is 20.0. The molecule has 3 heterocycles. The number of hydrogen-bond donors (Lipinski definition) is 1. The molecule has 2 aliphatic carbocycles. The van der Waals surface area contributed by atoms with Gasteiger partial charge in [-0.05, 0) is 57.3 Å². The molecule has 0 bridgehead atoms. The van der Waals surface area contributed by atoms with E-state index < -0.39 is 0 Å². The standard InChI is InChI=1S/C23H34N4O2/c1-15-4-8-18(9-5-15)26-12-10-20-19(14-26)22(28)25-21(24-20)17-3-2-11-27(13-17)23(29)16-6-7-16/h15-18H,2-14H2,1H3,(H,24,25,28). The highest BCUT2D eigenvalue weighted by atomic mass is 16.2. The lowest BCUT2D eigenvalue weighted by molar-refractivity contribution is -0.133. The van der Waals surface area contributed by atoms with E-state index in [-0.39, 0.29) is 17.4 Å². The molecule has 1 unspecified atom stereocenters. The first kappa shape index (κ1) is 19.3. The normalized spacial score (nSPS) is 30.8. The minimum atomic E-state index is 0.0459. The van der Waals surface area contributed by atoms with Crippen LogP contribution < -0.4 is 5.56 Å². The monoisotopic (exact) mass is 398 g/mol. The molecule has 1 aromatic heterocycles. The number of H-pyrrole nitrogens is 1. The van der Waals surface area contributed by atoms with Crippen molar-refractivity contribution in [3.8, 4) is 0 Å². The number of hydrogen-bond acceptors (Lipinski definition) is 4. The van der Waals surface area contributed by atoms with Gasteiger partial charge in [-0.1, -0.05) is 6.92 Å². The summed E-state index contributed by atoms with van der Waals surface area (Å²) in [5.74, 6) is 2.40. The molecule has 0 aromatic carbocycles. The summed E-state index contributed by atoms with van der Waals surface area (Å²) in [5.41, 5.74) is 1.92. The summed E-state index contributed by atoms with van der Waals surface area (Å²) < 4.78 is 0. The fraction of sp³-hybridized carbons (Fsp3) is 0.783. The molecule has 2 saturated carbocycles. The minimum Gasteiger partial charge on any atom is -0.342 e. The Hall–Kier alpha value is -1.69. The SMILES string of the molecule is CC1CCC(N2CCc3nc(C4CCCN(C(=O)C5CC5)C4)[nH]c(=O)c3C2)CC1. The van der Waals surface area contributed by atoms with Gasteiger partial charge >= 0.3 is 0 Å². The lowest BCUT2D eigenvalue weighted by atomic mass is 9.86. The van der Waals surface area contributed by atoms with Gasteiger partial charge in [-0.25, -0.2) is 4.98 Å². The number of amides is 1. The van der Waals surface area contributed by atoms with Crippen LogP contribution >= 0.6 is 0 Å². The van der Waals surface area contributed by atoms with Crippen LogP contribution in [0.3, 0.4) is 0 Å². The molecule has 29 heavy (non-hydrogen) atoms. The number of aromatic nitrogens is 2. The van der Waals surface area contributed by atoms with Crippen molar-refractivity contribution in [1.82, 2.24) is 19.8 Å². The Morgan fingerprint density at radius 3 is 2.62 bits per heavy atom. The van der Waals surface area contributed by atoms with Crippen molar-refractivity contribution in [2.75, 3.05) is 19.6 Å². The van der Waals surface area contributed by atoms with Crippen LogP contribution in [0.4, 0.5) is 0 Å². The highest BCUT2D eigenvalue weighted by Crippen LogP contribution is 2.34. The first-order valence-electron chi connectivity index (χ1n) is 11.7. The Labute approximate surface area is 173 Å². The van der Waals surface area contributed by atoms with Gasteiger partial charge in [0.25, 0.3) is 5.56 Å². The van der Waals surface area contributed by atoms with Gasteiger partial charge in [0.2, 0.25) is 5.91 Å². The molecular formula is C23H34N4O2. The maximum Gasteiger partial charge on any atom is 0.255 e. The van der Waals surface area contributed by atoms with Gasteiger partial charge in [-0.2, -0.15) is 0 Å². The summed E-state index contributed by atoms with van der Waals surface area (Å²) in [6.07, 6.45) is 10.1. The van der Waals surface area contributed by atoms with E-state index in [1.807, 2.05) is 4.90 Å². The van der Waals surface area contributed by atoms with Crippen LogP contribution in [0.5, 0.6) is 0 Å². The van der Waals surface area contributed by atoms with Gasteiger partial charge in [-0.3, -0.25) is 14.5 Å². The van der Waals surface area contributed by atoms with Crippen LogP contribution in [0.1, 0.15) is 81.3 Å². The van der Waals surface area contributed by atoms with Crippen LogP contribution in [0.2, 0.25) is 0 Å². The van der Waals surface area contributed by atoms with E-state index in [2.05, 4.69) is 16.8 Å². The van der Waals surface area contributed by atoms with E-state index in [4.69, 9.17) is 4.98 Å². The number of likely N-dealkylation sites (tertiary alicyclic amines) is 1. The van der Waals surface area contributed by atoms with Crippen molar-refractivity contribution >= 4 is 5.91 Å². The van der Waals surface area contributed by atoms with Crippen molar-refractivity contribution in [1.29, 1.82) is 0 Å². The largest absolute Gasteiger partial charge is 0.342 e. The second-order valence-corrected chi connectivity index (χ2v) is 9.91.